The molecule has 0 radical (unpaired) electrons. The van der Waals surface area contributed by atoms with E-state index >= 15 is 0 Å². The van der Waals surface area contributed by atoms with Gasteiger partial charge >= 0.3 is 0 Å². The molecule has 0 unspecified atom stereocenters. The highest BCUT2D eigenvalue weighted by molar-refractivity contribution is 7.89. The van der Waals surface area contributed by atoms with Gasteiger partial charge in [-0.15, -0.1) is 0 Å². The van der Waals surface area contributed by atoms with Crippen molar-refractivity contribution in [3.63, 3.8) is 0 Å². The van der Waals surface area contributed by atoms with E-state index in [1.54, 1.807) is 0 Å². The lowest BCUT2D eigenvalue weighted by molar-refractivity contribution is 0.197. The lowest BCUT2D eigenvalue weighted by Gasteiger charge is -2.39. The minimum atomic E-state index is -3.79. The fraction of sp³-hybridized carbons (Fsp3) is 0.643. The van der Waals surface area contributed by atoms with Gasteiger partial charge in [-0.1, -0.05) is 19.8 Å². The Morgan fingerprint density at radius 3 is 2.57 bits per heavy atom. The van der Waals surface area contributed by atoms with Crippen LogP contribution in [0.5, 0.6) is 0 Å². The van der Waals surface area contributed by atoms with Crippen LogP contribution in [0, 0.1) is 5.82 Å². The van der Waals surface area contributed by atoms with Crippen LogP contribution in [0.4, 0.5) is 4.39 Å². The van der Waals surface area contributed by atoms with Crippen LogP contribution in [-0.2, 0) is 10.0 Å². The largest absolute Gasteiger partial charge is 0.329 e. The molecular formula is C14H22FN3O2S. The summed E-state index contributed by atoms with van der Waals surface area (Å²) in [5, 5.41) is 0. The second-order valence-electron chi connectivity index (χ2n) is 5.55. The van der Waals surface area contributed by atoms with E-state index in [-0.39, 0.29) is 11.4 Å². The Balaban J connectivity index is 2.46. The van der Waals surface area contributed by atoms with Crippen LogP contribution in [0.15, 0.2) is 23.4 Å². The van der Waals surface area contributed by atoms with Gasteiger partial charge in [0.25, 0.3) is 0 Å². The average Bonchev–Trinajstić information content (AvgIpc) is 2.94. The predicted octanol–water partition coefficient (Wildman–Crippen LogP) is 1.89. The molecule has 118 valence electrons. The Hall–Kier alpha value is -1.05. The molecule has 0 aromatic carbocycles. The highest BCUT2D eigenvalue weighted by Gasteiger charge is 2.44. The molecule has 2 N–H and O–H groups in total. The molecule has 5 nitrogen and oxygen atoms in total. The summed E-state index contributed by atoms with van der Waals surface area (Å²) >= 11 is 0. The molecule has 0 amide bonds. The number of nitrogens with zero attached hydrogens (tertiary/aromatic N) is 2. The van der Waals surface area contributed by atoms with Crippen molar-refractivity contribution in [3.8, 4) is 0 Å². The van der Waals surface area contributed by atoms with Gasteiger partial charge in [-0.2, -0.15) is 4.31 Å². The summed E-state index contributed by atoms with van der Waals surface area (Å²) < 4.78 is 40.6. The van der Waals surface area contributed by atoms with Crippen LogP contribution in [-0.4, -0.2) is 36.3 Å². The highest BCUT2D eigenvalue weighted by atomic mass is 32.2. The molecule has 1 aromatic rings. The van der Waals surface area contributed by atoms with E-state index in [0.717, 1.165) is 37.9 Å². The molecule has 0 aliphatic heterocycles. The van der Waals surface area contributed by atoms with E-state index in [4.69, 9.17) is 5.73 Å². The number of pyridine rings is 1. The van der Waals surface area contributed by atoms with Crippen molar-refractivity contribution in [2.24, 2.45) is 5.73 Å². The molecule has 0 atom stereocenters. The van der Waals surface area contributed by atoms with Crippen molar-refractivity contribution in [2.45, 2.75) is 49.5 Å². The molecule has 2 rings (SSSR count). The summed E-state index contributed by atoms with van der Waals surface area (Å²) in [6.07, 6.45) is 6.32. The van der Waals surface area contributed by atoms with Gasteiger partial charge in [0.15, 0.2) is 0 Å². The van der Waals surface area contributed by atoms with E-state index in [2.05, 4.69) is 4.98 Å². The van der Waals surface area contributed by atoms with Gasteiger partial charge in [-0.25, -0.2) is 12.8 Å². The average molecular weight is 315 g/mol. The van der Waals surface area contributed by atoms with E-state index in [9.17, 15) is 12.8 Å². The van der Waals surface area contributed by atoms with E-state index in [1.165, 1.54) is 10.5 Å². The van der Waals surface area contributed by atoms with Gasteiger partial charge in [0, 0.05) is 24.8 Å². The molecule has 7 heteroatoms. The van der Waals surface area contributed by atoms with E-state index < -0.39 is 21.4 Å². The standard InChI is InChI=1S/C14H22FN3O2S/c1-2-7-18(14(11-16)5-3-4-6-14)21(19,20)13-8-12(15)9-17-10-13/h8-10H,2-7,11,16H2,1H3. The molecule has 1 aliphatic rings. The molecule has 21 heavy (non-hydrogen) atoms. The lowest BCUT2D eigenvalue weighted by Crippen LogP contribution is -2.54. The van der Waals surface area contributed by atoms with Crippen LogP contribution >= 0.6 is 0 Å². The fourth-order valence-electron chi connectivity index (χ4n) is 3.06. The smallest absolute Gasteiger partial charge is 0.245 e. The lowest BCUT2D eigenvalue weighted by atomic mass is 9.98. The zero-order valence-electron chi connectivity index (χ0n) is 12.3. The highest BCUT2D eigenvalue weighted by Crippen LogP contribution is 2.38. The summed E-state index contributed by atoms with van der Waals surface area (Å²) in [5.41, 5.74) is 5.37. The van der Waals surface area contributed by atoms with Crippen LogP contribution in [0.25, 0.3) is 0 Å². The Kier molecular flexibility index (Phi) is 4.95. The fourth-order valence-corrected chi connectivity index (χ4v) is 4.96. The molecule has 1 heterocycles. The first-order valence-electron chi connectivity index (χ1n) is 7.30. The molecule has 1 saturated carbocycles. The number of aromatic nitrogens is 1. The summed E-state index contributed by atoms with van der Waals surface area (Å²) in [6.45, 7) is 2.59. The third-order valence-electron chi connectivity index (χ3n) is 4.14. The summed E-state index contributed by atoms with van der Waals surface area (Å²) in [7, 11) is -3.79. The summed E-state index contributed by atoms with van der Waals surface area (Å²) in [6, 6.07) is 1.02. The molecule has 1 aliphatic carbocycles. The molecule has 1 fully saturated rings. The Morgan fingerprint density at radius 2 is 2.05 bits per heavy atom. The van der Waals surface area contributed by atoms with Gasteiger partial charge in [-0.05, 0) is 25.3 Å². The normalized spacial score (nSPS) is 18.3. The van der Waals surface area contributed by atoms with Gasteiger partial charge in [-0.3, -0.25) is 4.98 Å². The number of halogens is 1. The maximum absolute atomic E-state index is 13.3. The zero-order chi connectivity index (χ0) is 15.5. The van der Waals surface area contributed by atoms with Gasteiger partial charge in [0.05, 0.1) is 6.20 Å². The monoisotopic (exact) mass is 315 g/mol. The number of hydrogen-bond donors (Lipinski definition) is 1. The van der Waals surface area contributed by atoms with Crippen molar-refractivity contribution in [3.05, 3.63) is 24.3 Å². The van der Waals surface area contributed by atoms with Crippen molar-refractivity contribution in [1.29, 1.82) is 0 Å². The molecule has 0 saturated heterocycles. The summed E-state index contributed by atoms with van der Waals surface area (Å²) in [5.74, 6) is -0.652. The number of rotatable bonds is 6. The minimum Gasteiger partial charge on any atom is -0.329 e. The Morgan fingerprint density at radius 1 is 1.38 bits per heavy atom. The molecule has 0 spiro atoms. The SMILES string of the molecule is CCCN(C1(CN)CCCC1)S(=O)(=O)c1cncc(F)c1. The third-order valence-corrected chi connectivity index (χ3v) is 6.11. The van der Waals surface area contributed by atoms with E-state index in [0.29, 0.717) is 13.0 Å². The van der Waals surface area contributed by atoms with Gasteiger partial charge in [0.2, 0.25) is 10.0 Å². The van der Waals surface area contributed by atoms with E-state index in [1.807, 2.05) is 6.92 Å². The second-order valence-corrected chi connectivity index (χ2v) is 7.41. The van der Waals surface area contributed by atoms with Gasteiger partial charge in [0.1, 0.15) is 10.7 Å². The first-order chi connectivity index (χ1) is 9.96. The first-order valence-corrected chi connectivity index (χ1v) is 8.74. The zero-order valence-corrected chi connectivity index (χ0v) is 13.1. The van der Waals surface area contributed by atoms with Crippen molar-refractivity contribution in [1.82, 2.24) is 9.29 Å². The second kappa shape index (κ2) is 6.37. The first kappa shape index (κ1) is 16.3. The van der Waals surface area contributed by atoms with Crippen molar-refractivity contribution >= 4 is 10.0 Å². The Labute approximate surface area is 125 Å². The third kappa shape index (κ3) is 3.09. The van der Waals surface area contributed by atoms with Crippen molar-refractivity contribution < 1.29 is 12.8 Å². The Bertz CT molecular complexity index is 586. The predicted molar refractivity (Wildman–Crippen MR) is 78.6 cm³/mol. The quantitative estimate of drug-likeness (QED) is 0.870. The molecular weight excluding hydrogens is 293 g/mol. The van der Waals surface area contributed by atoms with Crippen molar-refractivity contribution in [2.75, 3.05) is 13.1 Å². The van der Waals surface area contributed by atoms with Crippen LogP contribution < -0.4 is 5.73 Å². The van der Waals surface area contributed by atoms with Crippen LogP contribution in [0.1, 0.15) is 39.0 Å². The number of hydrogen-bond acceptors (Lipinski definition) is 4. The van der Waals surface area contributed by atoms with Crippen LogP contribution in [0.2, 0.25) is 0 Å². The maximum Gasteiger partial charge on any atom is 0.245 e. The minimum absolute atomic E-state index is 0.101. The number of sulfonamides is 1. The maximum atomic E-state index is 13.3. The summed E-state index contributed by atoms with van der Waals surface area (Å²) in [4.78, 5) is 3.55. The van der Waals surface area contributed by atoms with Gasteiger partial charge < -0.3 is 5.73 Å². The molecule has 1 aromatic heterocycles. The number of nitrogens with two attached hydrogens (primary N) is 1. The van der Waals surface area contributed by atoms with Crippen LogP contribution in [0.3, 0.4) is 0 Å². The topological polar surface area (TPSA) is 76.3 Å². The molecule has 0 bridgehead atoms.